The van der Waals surface area contributed by atoms with Crippen LogP contribution in [0.15, 0.2) is 53.6 Å². The fourth-order valence-electron chi connectivity index (χ4n) is 2.77. The number of nitro groups is 1. The number of non-ortho nitro benzene ring substituents is 1. The molecule has 0 radical (unpaired) electrons. The van der Waals surface area contributed by atoms with Crippen molar-refractivity contribution < 1.29 is 19.2 Å². The summed E-state index contributed by atoms with van der Waals surface area (Å²) in [6.45, 7) is 3.27. The lowest BCUT2D eigenvalue weighted by Crippen LogP contribution is -2.42. The standard InChI is InChI=1S/C20H22N4O5/c25-20(14-23-9-11-28-12-10-23)22-21-13-17-3-1-2-4-19(17)29-15-16-5-7-18(8-6-16)24(26)27/h1-8,13H,9-12,14-15H2,(H,22,25). The lowest BCUT2D eigenvalue weighted by molar-refractivity contribution is -0.384. The average Bonchev–Trinajstić information content (AvgIpc) is 2.74. The molecule has 0 bridgehead atoms. The number of hydrazone groups is 1. The van der Waals surface area contributed by atoms with Crippen LogP contribution < -0.4 is 10.2 Å². The van der Waals surface area contributed by atoms with Crippen LogP contribution in [0.25, 0.3) is 0 Å². The number of para-hydroxylation sites is 1. The van der Waals surface area contributed by atoms with Crippen molar-refractivity contribution in [3.05, 3.63) is 69.8 Å². The summed E-state index contributed by atoms with van der Waals surface area (Å²) in [6.07, 6.45) is 1.53. The Morgan fingerprint density at radius 2 is 1.93 bits per heavy atom. The second-order valence-electron chi connectivity index (χ2n) is 6.43. The maximum Gasteiger partial charge on any atom is 0.269 e. The molecule has 29 heavy (non-hydrogen) atoms. The van der Waals surface area contributed by atoms with E-state index in [9.17, 15) is 14.9 Å². The largest absolute Gasteiger partial charge is 0.488 e. The topological polar surface area (TPSA) is 106 Å². The molecule has 0 unspecified atom stereocenters. The van der Waals surface area contributed by atoms with Gasteiger partial charge < -0.3 is 9.47 Å². The molecule has 3 rings (SSSR count). The molecule has 1 N–H and O–H groups in total. The smallest absolute Gasteiger partial charge is 0.269 e. The van der Waals surface area contributed by atoms with Crippen LogP contribution in [0.3, 0.4) is 0 Å². The number of nitrogens with one attached hydrogen (secondary N) is 1. The third kappa shape index (κ3) is 6.37. The number of rotatable bonds is 8. The van der Waals surface area contributed by atoms with Gasteiger partial charge in [-0.15, -0.1) is 0 Å². The summed E-state index contributed by atoms with van der Waals surface area (Å²) in [5, 5.41) is 14.7. The van der Waals surface area contributed by atoms with Gasteiger partial charge in [0.25, 0.3) is 11.6 Å². The molecule has 152 valence electrons. The number of hydrogen-bond acceptors (Lipinski definition) is 7. The van der Waals surface area contributed by atoms with E-state index in [2.05, 4.69) is 10.5 Å². The first kappa shape index (κ1) is 20.4. The number of nitrogens with zero attached hydrogens (tertiary/aromatic N) is 3. The molecule has 9 heteroatoms. The second kappa shape index (κ2) is 10.3. The Labute approximate surface area is 168 Å². The molecule has 1 heterocycles. The molecule has 0 aromatic heterocycles. The van der Waals surface area contributed by atoms with Crippen molar-refractivity contribution in [3.63, 3.8) is 0 Å². The molecule has 0 spiro atoms. The fourth-order valence-corrected chi connectivity index (χ4v) is 2.77. The third-order valence-corrected chi connectivity index (χ3v) is 4.32. The number of nitro benzene ring substituents is 1. The predicted molar refractivity (Wildman–Crippen MR) is 107 cm³/mol. The first-order chi connectivity index (χ1) is 14.1. The predicted octanol–water partition coefficient (Wildman–Crippen LogP) is 1.96. The second-order valence-corrected chi connectivity index (χ2v) is 6.43. The molecule has 1 aliphatic rings. The summed E-state index contributed by atoms with van der Waals surface area (Å²) in [5.74, 6) is 0.407. The van der Waals surface area contributed by atoms with Crippen LogP contribution in [0.4, 0.5) is 5.69 Å². The Bertz CT molecular complexity index is 863. The van der Waals surface area contributed by atoms with E-state index < -0.39 is 4.92 Å². The van der Waals surface area contributed by atoms with Crippen LogP contribution in [0, 0.1) is 10.1 Å². The Morgan fingerprint density at radius 1 is 1.21 bits per heavy atom. The highest BCUT2D eigenvalue weighted by molar-refractivity contribution is 5.85. The van der Waals surface area contributed by atoms with E-state index in [1.54, 1.807) is 18.2 Å². The van der Waals surface area contributed by atoms with E-state index in [0.29, 0.717) is 24.5 Å². The molecular formula is C20H22N4O5. The third-order valence-electron chi connectivity index (χ3n) is 4.32. The van der Waals surface area contributed by atoms with Crippen LogP contribution in [-0.4, -0.2) is 54.8 Å². The van der Waals surface area contributed by atoms with Crippen molar-refractivity contribution in [2.45, 2.75) is 6.61 Å². The van der Waals surface area contributed by atoms with Crippen LogP contribution in [0.1, 0.15) is 11.1 Å². The molecule has 1 aliphatic heterocycles. The lowest BCUT2D eigenvalue weighted by atomic mass is 10.2. The first-order valence-corrected chi connectivity index (χ1v) is 9.19. The number of amides is 1. The van der Waals surface area contributed by atoms with Gasteiger partial charge in [-0.2, -0.15) is 5.10 Å². The normalized spacial score (nSPS) is 14.6. The average molecular weight is 398 g/mol. The Morgan fingerprint density at radius 3 is 2.66 bits per heavy atom. The minimum atomic E-state index is -0.441. The number of morpholine rings is 1. The lowest BCUT2D eigenvalue weighted by Gasteiger charge is -2.25. The number of benzene rings is 2. The van der Waals surface area contributed by atoms with Gasteiger partial charge >= 0.3 is 0 Å². The molecule has 0 aliphatic carbocycles. The van der Waals surface area contributed by atoms with Gasteiger partial charge in [-0.25, -0.2) is 5.43 Å². The molecule has 9 nitrogen and oxygen atoms in total. The van der Waals surface area contributed by atoms with E-state index in [0.717, 1.165) is 18.7 Å². The van der Waals surface area contributed by atoms with Gasteiger partial charge in [0.15, 0.2) is 0 Å². The summed E-state index contributed by atoms with van der Waals surface area (Å²) >= 11 is 0. The number of carbonyl (C=O) groups excluding carboxylic acids is 1. The molecule has 0 saturated carbocycles. The Balaban J connectivity index is 1.53. The van der Waals surface area contributed by atoms with Gasteiger partial charge in [0.2, 0.25) is 0 Å². The van der Waals surface area contributed by atoms with Gasteiger partial charge in [0.1, 0.15) is 12.4 Å². The van der Waals surface area contributed by atoms with Crippen molar-refractivity contribution >= 4 is 17.8 Å². The molecular weight excluding hydrogens is 376 g/mol. The summed E-state index contributed by atoms with van der Waals surface area (Å²) < 4.78 is 11.1. The minimum Gasteiger partial charge on any atom is -0.488 e. The fraction of sp³-hybridized carbons (Fsp3) is 0.300. The van der Waals surface area contributed by atoms with Gasteiger partial charge in [-0.1, -0.05) is 12.1 Å². The summed E-state index contributed by atoms with van der Waals surface area (Å²) in [5.41, 5.74) is 4.08. The van der Waals surface area contributed by atoms with Gasteiger partial charge in [-0.05, 0) is 29.8 Å². The van der Waals surface area contributed by atoms with Crippen molar-refractivity contribution in [2.75, 3.05) is 32.8 Å². The summed E-state index contributed by atoms with van der Waals surface area (Å²) in [4.78, 5) is 24.3. The van der Waals surface area contributed by atoms with Crippen molar-refractivity contribution in [1.29, 1.82) is 0 Å². The SMILES string of the molecule is O=C(CN1CCOCC1)NN=Cc1ccccc1OCc1ccc([N+](=O)[O-])cc1. The molecule has 1 fully saturated rings. The Kier molecular flexibility index (Phi) is 7.26. The van der Waals surface area contributed by atoms with Crippen LogP contribution in [0.5, 0.6) is 5.75 Å². The number of carbonyl (C=O) groups is 1. The van der Waals surface area contributed by atoms with E-state index in [1.165, 1.54) is 18.3 Å². The summed E-state index contributed by atoms with van der Waals surface area (Å²) in [7, 11) is 0. The van der Waals surface area contributed by atoms with Gasteiger partial charge in [0, 0.05) is 30.8 Å². The molecule has 2 aromatic carbocycles. The molecule has 0 atom stereocenters. The van der Waals surface area contributed by atoms with Gasteiger partial charge in [0.05, 0.1) is 30.9 Å². The molecule has 2 aromatic rings. The number of hydrogen-bond donors (Lipinski definition) is 1. The van der Waals surface area contributed by atoms with E-state index in [1.807, 2.05) is 23.1 Å². The summed E-state index contributed by atoms with van der Waals surface area (Å²) in [6, 6.07) is 13.5. The van der Waals surface area contributed by atoms with Crippen LogP contribution in [0.2, 0.25) is 0 Å². The quantitative estimate of drug-likeness (QED) is 0.414. The van der Waals surface area contributed by atoms with Crippen LogP contribution in [-0.2, 0) is 16.1 Å². The van der Waals surface area contributed by atoms with Crippen molar-refractivity contribution in [1.82, 2.24) is 10.3 Å². The highest BCUT2D eigenvalue weighted by Gasteiger charge is 2.13. The van der Waals surface area contributed by atoms with E-state index in [-0.39, 0.29) is 24.7 Å². The zero-order valence-corrected chi connectivity index (χ0v) is 15.8. The van der Waals surface area contributed by atoms with E-state index >= 15 is 0 Å². The number of ether oxygens (including phenoxy) is 2. The monoisotopic (exact) mass is 398 g/mol. The molecule has 1 amide bonds. The van der Waals surface area contributed by atoms with Gasteiger partial charge in [-0.3, -0.25) is 19.8 Å². The highest BCUT2D eigenvalue weighted by atomic mass is 16.6. The zero-order chi connectivity index (χ0) is 20.5. The van der Waals surface area contributed by atoms with Crippen molar-refractivity contribution in [3.8, 4) is 5.75 Å². The maximum absolute atomic E-state index is 12.0. The minimum absolute atomic E-state index is 0.0362. The highest BCUT2D eigenvalue weighted by Crippen LogP contribution is 2.19. The van der Waals surface area contributed by atoms with E-state index in [4.69, 9.17) is 9.47 Å². The Hall–Kier alpha value is -3.30. The van der Waals surface area contributed by atoms with Crippen molar-refractivity contribution in [2.24, 2.45) is 5.10 Å². The van der Waals surface area contributed by atoms with Crippen LogP contribution >= 0.6 is 0 Å². The first-order valence-electron chi connectivity index (χ1n) is 9.19. The zero-order valence-electron chi connectivity index (χ0n) is 15.8. The molecule has 1 saturated heterocycles. The maximum atomic E-state index is 12.0.